The number of nitrogens with one attached hydrogen (secondary N) is 3. The number of carbonyl (C=O) groups excluding carboxylic acids is 1. The molecule has 0 spiro atoms. The highest BCUT2D eigenvalue weighted by molar-refractivity contribution is 6.04. The van der Waals surface area contributed by atoms with Gasteiger partial charge in [-0.15, -0.1) is 0 Å². The van der Waals surface area contributed by atoms with Gasteiger partial charge in [0.15, 0.2) is 17.2 Å². The minimum atomic E-state index is -0.376. The predicted octanol–water partition coefficient (Wildman–Crippen LogP) is 2.33. The Kier molecular flexibility index (Phi) is 4.77. The Morgan fingerprint density at radius 2 is 2.13 bits per heavy atom. The Morgan fingerprint density at radius 1 is 1.27 bits per heavy atom. The maximum Gasteiger partial charge on any atom is 0.277 e. The van der Waals surface area contributed by atoms with E-state index in [-0.39, 0.29) is 11.6 Å². The summed E-state index contributed by atoms with van der Waals surface area (Å²) < 4.78 is 10.4. The van der Waals surface area contributed by atoms with Crippen molar-refractivity contribution in [2.45, 2.75) is 13.5 Å². The molecule has 30 heavy (non-hydrogen) atoms. The Hall–Kier alpha value is -3.50. The number of hydrogen-bond donors (Lipinski definition) is 3. The SMILES string of the molecule is Cc1cc(C(=O)Nc2c[nH]nc2-c2nc3cc(CN4CCOCC4)ccc3[nH]2)no1. The summed E-state index contributed by atoms with van der Waals surface area (Å²) in [5, 5.41) is 13.6. The molecule has 1 aromatic carbocycles. The molecule has 1 aliphatic rings. The molecular formula is C20H21N7O3. The van der Waals surface area contributed by atoms with Crippen LogP contribution in [0.4, 0.5) is 5.69 Å². The van der Waals surface area contributed by atoms with Gasteiger partial charge in [0.05, 0.1) is 29.9 Å². The summed E-state index contributed by atoms with van der Waals surface area (Å²) in [5.74, 6) is 0.762. The lowest BCUT2D eigenvalue weighted by molar-refractivity contribution is 0.0342. The molecule has 4 aromatic rings. The summed E-state index contributed by atoms with van der Waals surface area (Å²) in [6, 6.07) is 7.77. The maximum atomic E-state index is 12.4. The first kappa shape index (κ1) is 18.5. The number of ether oxygens (including phenoxy) is 1. The van der Waals surface area contributed by atoms with E-state index in [1.165, 1.54) is 5.56 Å². The van der Waals surface area contributed by atoms with Crippen LogP contribution in [0.25, 0.3) is 22.6 Å². The molecule has 10 nitrogen and oxygen atoms in total. The Morgan fingerprint density at radius 3 is 2.93 bits per heavy atom. The standard InChI is InChI=1S/C20H21N7O3/c1-12-8-16(26-30-12)20(28)24-17-10-21-25-18(17)19-22-14-3-2-13(9-15(14)23-19)11-27-4-6-29-7-5-27/h2-3,8-10H,4-7,11H2,1H3,(H,21,25)(H,22,23)(H,24,28). The van der Waals surface area contributed by atoms with E-state index in [9.17, 15) is 4.79 Å². The normalized spacial score (nSPS) is 15.0. The summed E-state index contributed by atoms with van der Waals surface area (Å²) in [5.41, 5.74) is 4.19. The number of morpholine rings is 1. The predicted molar refractivity (Wildman–Crippen MR) is 109 cm³/mol. The number of hydrogen-bond acceptors (Lipinski definition) is 7. The molecule has 154 valence electrons. The Balaban J connectivity index is 1.37. The zero-order chi connectivity index (χ0) is 20.5. The van der Waals surface area contributed by atoms with Gasteiger partial charge < -0.3 is 19.6 Å². The van der Waals surface area contributed by atoms with Crippen LogP contribution in [0.2, 0.25) is 0 Å². The first-order valence-electron chi connectivity index (χ1n) is 9.73. The highest BCUT2D eigenvalue weighted by atomic mass is 16.5. The molecule has 0 bridgehead atoms. The van der Waals surface area contributed by atoms with Crippen LogP contribution >= 0.6 is 0 Å². The minimum absolute atomic E-state index is 0.206. The van der Waals surface area contributed by atoms with Crippen LogP contribution < -0.4 is 5.32 Å². The molecule has 0 radical (unpaired) electrons. The number of rotatable bonds is 5. The van der Waals surface area contributed by atoms with Gasteiger partial charge >= 0.3 is 0 Å². The van der Waals surface area contributed by atoms with Crippen molar-refractivity contribution in [1.29, 1.82) is 0 Å². The number of imidazole rings is 1. The second-order valence-electron chi connectivity index (χ2n) is 7.25. The van der Waals surface area contributed by atoms with Crippen molar-refractivity contribution in [1.82, 2.24) is 30.2 Å². The van der Waals surface area contributed by atoms with Crippen molar-refractivity contribution in [3.63, 3.8) is 0 Å². The van der Waals surface area contributed by atoms with Crippen LogP contribution in [-0.4, -0.2) is 62.4 Å². The summed E-state index contributed by atoms with van der Waals surface area (Å²) >= 11 is 0. The fraction of sp³-hybridized carbons (Fsp3) is 0.300. The van der Waals surface area contributed by atoms with E-state index in [1.807, 2.05) is 6.07 Å². The quantitative estimate of drug-likeness (QED) is 0.464. The van der Waals surface area contributed by atoms with Gasteiger partial charge in [0.25, 0.3) is 5.91 Å². The summed E-state index contributed by atoms with van der Waals surface area (Å²) in [4.78, 5) is 22.7. The molecule has 0 unspecified atom stereocenters. The van der Waals surface area contributed by atoms with E-state index in [1.54, 1.807) is 19.2 Å². The van der Waals surface area contributed by atoms with Crippen LogP contribution in [0.15, 0.2) is 35.0 Å². The molecule has 0 aliphatic carbocycles. The van der Waals surface area contributed by atoms with Crippen LogP contribution in [0.1, 0.15) is 21.8 Å². The molecule has 10 heteroatoms. The number of benzene rings is 1. The van der Waals surface area contributed by atoms with E-state index in [0.717, 1.165) is 43.9 Å². The number of anilines is 1. The van der Waals surface area contributed by atoms with Gasteiger partial charge in [0, 0.05) is 31.9 Å². The third-order valence-corrected chi connectivity index (χ3v) is 5.03. The average Bonchev–Trinajstić information content (AvgIpc) is 3.47. The monoisotopic (exact) mass is 407 g/mol. The Bertz CT molecular complexity index is 1190. The second kappa shape index (κ2) is 7.73. The number of carbonyl (C=O) groups is 1. The molecule has 4 heterocycles. The summed E-state index contributed by atoms with van der Waals surface area (Å²) in [6.45, 7) is 6.01. The van der Waals surface area contributed by atoms with Crippen LogP contribution in [0, 0.1) is 6.92 Å². The van der Waals surface area contributed by atoms with Crippen LogP contribution in [-0.2, 0) is 11.3 Å². The van der Waals surface area contributed by atoms with Crippen LogP contribution in [0.3, 0.4) is 0 Å². The van der Waals surface area contributed by atoms with E-state index in [2.05, 4.69) is 47.7 Å². The van der Waals surface area contributed by atoms with Gasteiger partial charge in [-0.2, -0.15) is 5.10 Å². The fourth-order valence-corrected chi connectivity index (χ4v) is 3.50. The van der Waals surface area contributed by atoms with E-state index in [0.29, 0.717) is 23.0 Å². The van der Waals surface area contributed by atoms with Crippen molar-refractivity contribution < 1.29 is 14.1 Å². The molecule has 0 saturated carbocycles. The number of amides is 1. The third kappa shape index (κ3) is 3.70. The lowest BCUT2D eigenvalue weighted by atomic mass is 10.2. The highest BCUT2D eigenvalue weighted by Crippen LogP contribution is 2.26. The number of H-pyrrole nitrogens is 2. The number of aromatic amines is 2. The third-order valence-electron chi connectivity index (χ3n) is 5.03. The minimum Gasteiger partial charge on any atom is -0.379 e. The van der Waals surface area contributed by atoms with Crippen molar-refractivity contribution >= 4 is 22.6 Å². The summed E-state index contributed by atoms with van der Waals surface area (Å²) in [7, 11) is 0. The molecule has 1 saturated heterocycles. The molecule has 3 N–H and O–H groups in total. The lowest BCUT2D eigenvalue weighted by Crippen LogP contribution is -2.35. The van der Waals surface area contributed by atoms with Gasteiger partial charge in [-0.3, -0.25) is 14.8 Å². The first-order chi connectivity index (χ1) is 14.7. The van der Waals surface area contributed by atoms with Crippen LogP contribution in [0.5, 0.6) is 0 Å². The van der Waals surface area contributed by atoms with E-state index >= 15 is 0 Å². The fourth-order valence-electron chi connectivity index (χ4n) is 3.50. The molecule has 0 atom stereocenters. The second-order valence-corrected chi connectivity index (χ2v) is 7.25. The molecule has 1 fully saturated rings. The number of nitrogens with zero attached hydrogens (tertiary/aromatic N) is 4. The van der Waals surface area contributed by atoms with Gasteiger partial charge in [0.1, 0.15) is 5.76 Å². The van der Waals surface area contributed by atoms with Gasteiger partial charge in [-0.25, -0.2) is 4.98 Å². The number of aromatic nitrogens is 5. The smallest absolute Gasteiger partial charge is 0.277 e. The van der Waals surface area contributed by atoms with Crippen molar-refractivity contribution in [2.75, 3.05) is 31.6 Å². The average molecular weight is 407 g/mol. The van der Waals surface area contributed by atoms with Crippen molar-refractivity contribution in [3.05, 3.63) is 47.5 Å². The molecule has 5 rings (SSSR count). The molecular weight excluding hydrogens is 386 g/mol. The maximum absolute atomic E-state index is 12.4. The van der Waals surface area contributed by atoms with E-state index < -0.39 is 0 Å². The van der Waals surface area contributed by atoms with Crippen molar-refractivity contribution in [3.8, 4) is 11.5 Å². The largest absolute Gasteiger partial charge is 0.379 e. The highest BCUT2D eigenvalue weighted by Gasteiger charge is 2.18. The molecule has 3 aromatic heterocycles. The van der Waals surface area contributed by atoms with E-state index in [4.69, 9.17) is 9.26 Å². The van der Waals surface area contributed by atoms with Gasteiger partial charge in [-0.05, 0) is 24.6 Å². The lowest BCUT2D eigenvalue weighted by Gasteiger charge is -2.26. The molecule has 1 aliphatic heterocycles. The summed E-state index contributed by atoms with van der Waals surface area (Å²) in [6.07, 6.45) is 1.61. The number of aryl methyl sites for hydroxylation is 1. The molecule has 1 amide bonds. The zero-order valence-corrected chi connectivity index (χ0v) is 16.4. The zero-order valence-electron chi connectivity index (χ0n) is 16.4. The van der Waals surface area contributed by atoms with Crippen molar-refractivity contribution in [2.24, 2.45) is 0 Å². The van der Waals surface area contributed by atoms with Gasteiger partial charge in [-0.1, -0.05) is 11.2 Å². The number of fused-ring (bicyclic) bond motifs is 1. The Labute approximate surface area is 171 Å². The first-order valence-corrected chi connectivity index (χ1v) is 9.73. The topological polar surface area (TPSA) is 125 Å². The van der Waals surface area contributed by atoms with Gasteiger partial charge in [0.2, 0.25) is 0 Å².